The summed E-state index contributed by atoms with van der Waals surface area (Å²) in [6.07, 6.45) is 6.03. The molecule has 0 bridgehead atoms. The Kier molecular flexibility index (Phi) is 3.81. The second kappa shape index (κ2) is 5.35. The Morgan fingerprint density at radius 2 is 2.06 bits per heavy atom. The van der Waals surface area contributed by atoms with Crippen LogP contribution in [0.1, 0.15) is 36.7 Å². The normalized spacial score (nSPS) is 11.4. The van der Waals surface area contributed by atoms with Crippen LogP contribution < -0.4 is 5.32 Å². The van der Waals surface area contributed by atoms with Gasteiger partial charge in [0, 0.05) is 49.7 Å². The molecule has 98 valence electrons. The molecule has 18 heavy (non-hydrogen) atoms. The third kappa shape index (κ3) is 2.98. The Balaban J connectivity index is 1.90. The molecule has 0 aliphatic heterocycles. The minimum Gasteiger partial charge on any atom is -0.308 e. The number of aryl methyl sites for hydroxylation is 2. The molecule has 0 radical (unpaired) electrons. The molecule has 0 saturated heterocycles. The minimum absolute atomic E-state index is 0.413. The first-order valence-corrected chi connectivity index (χ1v) is 6.29. The van der Waals surface area contributed by atoms with Gasteiger partial charge in [-0.1, -0.05) is 0 Å². The molecule has 0 atom stereocenters. The highest BCUT2D eigenvalue weighted by atomic mass is 15.3. The van der Waals surface area contributed by atoms with Crippen molar-refractivity contribution in [1.29, 1.82) is 0 Å². The standard InChI is InChI=1S/C13H21N5/c1-10(2)18-9-13(11(3)16-18)7-14-5-12-6-15-17(4)8-12/h6,8-10,14H,5,7H2,1-4H3. The highest BCUT2D eigenvalue weighted by molar-refractivity contribution is 5.15. The number of hydrogen-bond donors (Lipinski definition) is 1. The predicted molar refractivity (Wildman–Crippen MR) is 71.1 cm³/mol. The lowest BCUT2D eigenvalue weighted by atomic mass is 10.2. The van der Waals surface area contributed by atoms with Crippen molar-refractivity contribution in [3.63, 3.8) is 0 Å². The molecule has 0 unspecified atom stereocenters. The van der Waals surface area contributed by atoms with Crippen LogP contribution in [-0.2, 0) is 20.1 Å². The monoisotopic (exact) mass is 247 g/mol. The molecule has 0 aliphatic carbocycles. The zero-order valence-corrected chi connectivity index (χ0v) is 11.5. The van der Waals surface area contributed by atoms with E-state index < -0.39 is 0 Å². The number of aromatic nitrogens is 4. The fourth-order valence-electron chi connectivity index (χ4n) is 1.86. The SMILES string of the molecule is Cc1nn(C(C)C)cc1CNCc1cnn(C)c1. The maximum absolute atomic E-state index is 4.50. The second-order valence-corrected chi connectivity index (χ2v) is 4.94. The number of hydrogen-bond acceptors (Lipinski definition) is 3. The van der Waals surface area contributed by atoms with Crippen molar-refractivity contribution in [2.75, 3.05) is 0 Å². The maximum atomic E-state index is 4.50. The van der Waals surface area contributed by atoms with Crippen LogP contribution in [0.4, 0.5) is 0 Å². The van der Waals surface area contributed by atoms with Crippen molar-refractivity contribution >= 4 is 0 Å². The zero-order chi connectivity index (χ0) is 13.1. The first-order chi connectivity index (χ1) is 8.56. The van der Waals surface area contributed by atoms with E-state index in [9.17, 15) is 0 Å². The van der Waals surface area contributed by atoms with Gasteiger partial charge in [0.2, 0.25) is 0 Å². The predicted octanol–water partition coefficient (Wildman–Crippen LogP) is 1.80. The van der Waals surface area contributed by atoms with Gasteiger partial charge in [0.25, 0.3) is 0 Å². The average Bonchev–Trinajstić information content (AvgIpc) is 2.87. The quantitative estimate of drug-likeness (QED) is 0.876. The molecule has 0 spiro atoms. The summed E-state index contributed by atoms with van der Waals surface area (Å²) in [6, 6.07) is 0.413. The Hall–Kier alpha value is -1.62. The van der Waals surface area contributed by atoms with Crippen LogP contribution >= 0.6 is 0 Å². The van der Waals surface area contributed by atoms with Crippen LogP contribution in [0.2, 0.25) is 0 Å². The van der Waals surface area contributed by atoms with Crippen LogP contribution in [0.15, 0.2) is 18.6 Å². The molecule has 2 rings (SSSR count). The van der Waals surface area contributed by atoms with E-state index in [2.05, 4.69) is 42.5 Å². The molecule has 5 nitrogen and oxygen atoms in total. The molecule has 2 heterocycles. The first kappa shape index (κ1) is 12.8. The van der Waals surface area contributed by atoms with E-state index in [0.29, 0.717) is 6.04 Å². The molecule has 0 saturated carbocycles. The minimum atomic E-state index is 0.413. The molecule has 0 fully saturated rings. The van der Waals surface area contributed by atoms with E-state index in [1.807, 2.05) is 28.8 Å². The Bertz CT molecular complexity index is 509. The van der Waals surface area contributed by atoms with Gasteiger partial charge in [-0.2, -0.15) is 10.2 Å². The van der Waals surface area contributed by atoms with Crippen LogP contribution in [-0.4, -0.2) is 19.6 Å². The van der Waals surface area contributed by atoms with Gasteiger partial charge in [-0.05, 0) is 20.8 Å². The lowest BCUT2D eigenvalue weighted by Gasteiger charge is -2.03. The summed E-state index contributed by atoms with van der Waals surface area (Å²) in [6.45, 7) is 8.01. The Morgan fingerprint density at radius 1 is 1.28 bits per heavy atom. The van der Waals surface area contributed by atoms with E-state index >= 15 is 0 Å². The number of nitrogens with one attached hydrogen (secondary N) is 1. The van der Waals surface area contributed by atoms with Gasteiger partial charge in [0.05, 0.1) is 11.9 Å². The van der Waals surface area contributed by atoms with Gasteiger partial charge < -0.3 is 5.32 Å². The second-order valence-electron chi connectivity index (χ2n) is 4.94. The van der Waals surface area contributed by atoms with Gasteiger partial charge in [-0.3, -0.25) is 9.36 Å². The van der Waals surface area contributed by atoms with E-state index in [1.54, 1.807) is 0 Å². The average molecular weight is 247 g/mol. The molecule has 0 aromatic carbocycles. The number of nitrogens with zero attached hydrogens (tertiary/aromatic N) is 4. The van der Waals surface area contributed by atoms with Crippen molar-refractivity contribution in [2.45, 2.75) is 39.9 Å². The molecule has 2 aromatic heterocycles. The van der Waals surface area contributed by atoms with E-state index in [1.165, 1.54) is 11.1 Å². The topological polar surface area (TPSA) is 47.7 Å². The van der Waals surface area contributed by atoms with Crippen LogP contribution in [0.5, 0.6) is 0 Å². The molecule has 2 aromatic rings. The smallest absolute Gasteiger partial charge is 0.0638 e. The molecule has 0 aliphatic rings. The summed E-state index contributed by atoms with van der Waals surface area (Å²) >= 11 is 0. The lowest BCUT2D eigenvalue weighted by Crippen LogP contribution is -2.12. The third-order valence-electron chi connectivity index (χ3n) is 2.95. The molecular weight excluding hydrogens is 226 g/mol. The van der Waals surface area contributed by atoms with Gasteiger partial charge in [-0.25, -0.2) is 0 Å². The summed E-state index contributed by atoms with van der Waals surface area (Å²) < 4.78 is 3.83. The fraction of sp³-hybridized carbons (Fsp3) is 0.538. The third-order valence-corrected chi connectivity index (χ3v) is 2.95. The van der Waals surface area contributed by atoms with Gasteiger partial charge in [-0.15, -0.1) is 0 Å². The lowest BCUT2D eigenvalue weighted by molar-refractivity contribution is 0.528. The van der Waals surface area contributed by atoms with Crippen LogP contribution in [0, 0.1) is 6.92 Å². The highest BCUT2D eigenvalue weighted by Gasteiger charge is 2.06. The first-order valence-electron chi connectivity index (χ1n) is 6.29. The zero-order valence-electron chi connectivity index (χ0n) is 11.5. The maximum Gasteiger partial charge on any atom is 0.0638 e. The van der Waals surface area contributed by atoms with Crippen LogP contribution in [0.3, 0.4) is 0 Å². The van der Waals surface area contributed by atoms with Crippen molar-refractivity contribution in [2.24, 2.45) is 7.05 Å². The van der Waals surface area contributed by atoms with Crippen molar-refractivity contribution in [1.82, 2.24) is 24.9 Å². The van der Waals surface area contributed by atoms with E-state index in [-0.39, 0.29) is 0 Å². The summed E-state index contributed by atoms with van der Waals surface area (Å²) in [5, 5.41) is 12.1. The summed E-state index contributed by atoms with van der Waals surface area (Å²) in [7, 11) is 1.93. The summed E-state index contributed by atoms with van der Waals surface area (Å²) in [5.41, 5.74) is 3.56. The molecular formula is C13H21N5. The van der Waals surface area contributed by atoms with Crippen LogP contribution in [0.25, 0.3) is 0 Å². The van der Waals surface area contributed by atoms with E-state index in [4.69, 9.17) is 0 Å². The number of rotatable bonds is 5. The molecule has 1 N–H and O–H groups in total. The van der Waals surface area contributed by atoms with Crippen molar-refractivity contribution in [3.05, 3.63) is 35.4 Å². The molecule has 5 heteroatoms. The Labute approximate surface area is 108 Å². The summed E-state index contributed by atoms with van der Waals surface area (Å²) in [4.78, 5) is 0. The van der Waals surface area contributed by atoms with Gasteiger partial charge in [0.1, 0.15) is 0 Å². The van der Waals surface area contributed by atoms with Crippen molar-refractivity contribution < 1.29 is 0 Å². The van der Waals surface area contributed by atoms with Gasteiger partial charge in [0.15, 0.2) is 0 Å². The van der Waals surface area contributed by atoms with Crippen molar-refractivity contribution in [3.8, 4) is 0 Å². The Morgan fingerprint density at radius 3 is 2.61 bits per heavy atom. The van der Waals surface area contributed by atoms with E-state index in [0.717, 1.165) is 18.8 Å². The fourth-order valence-corrected chi connectivity index (χ4v) is 1.86. The summed E-state index contributed by atoms with van der Waals surface area (Å²) in [5.74, 6) is 0. The highest BCUT2D eigenvalue weighted by Crippen LogP contribution is 2.10. The van der Waals surface area contributed by atoms with Gasteiger partial charge >= 0.3 is 0 Å². The molecule has 0 amide bonds. The largest absolute Gasteiger partial charge is 0.308 e.